The number of hydrogen-bond donors (Lipinski definition) is 0. The molecule has 4 aromatic rings. The summed E-state index contributed by atoms with van der Waals surface area (Å²) in [6.07, 6.45) is 1.55. The Balaban J connectivity index is 1.67. The number of rotatable bonds is 8. The van der Waals surface area contributed by atoms with Gasteiger partial charge in [0, 0.05) is 23.8 Å². The molecule has 0 N–H and O–H groups in total. The predicted octanol–water partition coefficient (Wildman–Crippen LogP) is 3.98. The minimum absolute atomic E-state index is 0.0943. The molecule has 0 amide bonds. The van der Waals surface area contributed by atoms with E-state index in [0.29, 0.717) is 43.4 Å². The normalized spacial score (nSPS) is 14.8. The lowest BCUT2D eigenvalue weighted by Crippen LogP contribution is -2.40. The van der Waals surface area contributed by atoms with E-state index in [1.807, 2.05) is 0 Å². The van der Waals surface area contributed by atoms with Gasteiger partial charge in [-0.3, -0.25) is 19.5 Å². The Morgan fingerprint density at radius 2 is 1.95 bits per heavy atom. The first-order valence-electron chi connectivity index (χ1n) is 12.5. The molecule has 0 radical (unpaired) electrons. The summed E-state index contributed by atoms with van der Waals surface area (Å²) in [5, 5.41) is 11.5. The molecule has 2 aromatic heterocycles. The number of esters is 1. The zero-order valence-corrected chi connectivity index (χ0v) is 23.4. The van der Waals surface area contributed by atoms with Gasteiger partial charge in [0.15, 0.2) is 4.80 Å². The molecule has 0 aliphatic carbocycles. The first kappa shape index (κ1) is 27.6. The summed E-state index contributed by atoms with van der Waals surface area (Å²) in [6.45, 7) is 3.54. The molecular formula is C29H25N3O8S. The van der Waals surface area contributed by atoms with Gasteiger partial charge in [0.25, 0.3) is 11.2 Å². The number of hydrogen-bond acceptors (Lipinski definition) is 10. The molecule has 1 atom stereocenters. The van der Waals surface area contributed by atoms with Crippen LogP contribution >= 0.6 is 11.3 Å². The highest BCUT2D eigenvalue weighted by molar-refractivity contribution is 7.07. The first-order valence-corrected chi connectivity index (χ1v) is 13.3. The van der Waals surface area contributed by atoms with Crippen molar-refractivity contribution in [1.29, 1.82) is 0 Å². The van der Waals surface area contributed by atoms with E-state index in [2.05, 4.69) is 4.99 Å². The molecule has 1 aliphatic heterocycles. The van der Waals surface area contributed by atoms with Gasteiger partial charge in [0.2, 0.25) is 0 Å². The number of fused-ring (bicyclic) bond motifs is 1. The number of para-hydroxylation sites is 1. The molecule has 0 saturated heterocycles. The Morgan fingerprint density at radius 3 is 2.66 bits per heavy atom. The Labute approximate surface area is 237 Å². The molecular weight excluding hydrogens is 550 g/mol. The molecule has 210 valence electrons. The van der Waals surface area contributed by atoms with Crippen molar-refractivity contribution in [3.63, 3.8) is 0 Å². The summed E-state index contributed by atoms with van der Waals surface area (Å²) in [4.78, 5) is 43.0. The molecule has 11 nitrogen and oxygen atoms in total. The summed E-state index contributed by atoms with van der Waals surface area (Å²) >= 11 is 1.13. The number of allylic oxidation sites excluding steroid dienone is 1. The van der Waals surface area contributed by atoms with Crippen molar-refractivity contribution in [2.24, 2.45) is 4.99 Å². The third kappa shape index (κ3) is 5.05. The van der Waals surface area contributed by atoms with Gasteiger partial charge in [0.1, 0.15) is 29.1 Å². The summed E-state index contributed by atoms with van der Waals surface area (Å²) in [6, 6.07) is 13.7. The Kier molecular flexibility index (Phi) is 7.58. The molecule has 0 fully saturated rings. The van der Waals surface area contributed by atoms with Gasteiger partial charge >= 0.3 is 5.97 Å². The van der Waals surface area contributed by atoms with Crippen molar-refractivity contribution in [1.82, 2.24) is 4.57 Å². The number of carbonyl (C=O) groups is 1. The number of aromatic nitrogens is 1. The fraction of sp³-hybridized carbons (Fsp3) is 0.207. The summed E-state index contributed by atoms with van der Waals surface area (Å²) < 4.78 is 23.9. The van der Waals surface area contributed by atoms with Crippen LogP contribution in [0.15, 0.2) is 80.1 Å². The second kappa shape index (κ2) is 11.3. The van der Waals surface area contributed by atoms with Gasteiger partial charge < -0.3 is 18.6 Å². The lowest BCUT2D eigenvalue weighted by atomic mass is 9.95. The fourth-order valence-electron chi connectivity index (χ4n) is 4.68. The molecule has 0 bridgehead atoms. The predicted molar refractivity (Wildman–Crippen MR) is 151 cm³/mol. The minimum atomic E-state index is -0.882. The van der Waals surface area contributed by atoms with Crippen LogP contribution < -0.4 is 24.4 Å². The Morgan fingerprint density at radius 1 is 1.17 bits per heavy atom. The van der Waals surface area contributed by atoms with Crippen molar-refractivity contribution in [2.45, 2.75) is 19.9 Å². The van der Waals surface area contributed by atoms with Crippen LogP contribution in [-0.4, -0.2) is 36.3 Å². The second-order valence-corrected chi connectivity index (χ2v) is 9.90. The van der Waals surface area contributed by atoms with Gasteiger partial charge in [-0.15, -0.1) is 0 Å². The van der Waals surface area contributed by atoms with E-state index in [0.717, 1.165) is 11.3 Å². The van der Waals surface area contributed by atoms with Crippen molar-refractivity contribution >= 4 is 29.1 Å². The molecule has 0 saturated carbocycles. The largest absolute Gasteiger partial charge is 0.497 e. The van der Waals surface area contributed by atoms with E-state index in [-0.39, 0.29) is 23.6 Å². The van der Waals surface area contributed by atoms with Gasteiger partial charge in [-0.2, -0.15) is 0 Å². The van der Waals surface area contributed by atoms with Crippen LogP contribution in [0.25, 0.3) is 17.4 Å². The molecule has 3 heterocycles. The molecule has 1 unspecified atom stereocenters. The number of furan rings is 1. The van der Waals surface area contributed by atoms with Crippen molar-refractivity contribution in [2.75, 3.05) is 20.8 Å². The highest BCUT2D eigenvalue weighted by Crippen LogP contribution is 2.37. The highest BCUT2D eigenvalue weighted by Gasteiger charge is 2.35. The first-order chi connectivity index (χ1) is 19.8. The van der Waals surface area contributed by atoms with Crippen LogP contribution in [0.2, 0.25) is 0 Å². The van der Waals surface area contributed by atoms with Crippen LogP contribution in [0, 0.1) is 10.1 Å². The maximum absolute atomic E-state index is 13.9. The van der Waals surface area contributed by atoms with Crippen LogP contribution in [-0.2, 0) is 9.53 Å². The zero-order valence-electron chi connectivity index (χ0n) is 22.6. The third-order valence-corrected chi connectivity index (χ3v) is 7.50. The van der Waals surface area contributed by atoms with E-state index < -0.39 is 22.5 Å². The van der Waals surface area contributed by atoms with Crippen molar-refractivity contribution in [3.8, 4) is 22.8 Å². The SMILES string of the molecule is CCOC(=O)C1=C(C)N=c2s/c(=C\c3ccc(-c4ccccc4[N+](=O)[O-])o3)c(=O)n2C1c1ccc(OC)cc1OC. The standard InChI is InChI=1S/C29H25N3O8S/c1-5-39-28(34)25-16(2)30-29-31(26(25)20-12-10-17(37-3)14-23(20)38-4)27(33)24(41-29)15-18-11-13-22(40-18)19-8-6-7-9-21(19)32(35)36/h6-15,26H,5H2,1-4H3/b24-15-. The van der Waals surface area contributed by atoms with E-state index in [4.69, 9.17) is 18.6 Å². The summed E-state index contributed by atoms with van der Waals surface area (Å²) in [5.74, 6) is 0.983. The third-order valence-electron chi connectivity index (χ3n) is 6.52. The topological polar surface area (TPSA) is 135 Å². The lowest BCUT2D eigenvalue weighted by Gasteiger charge is -2.26. The number of ether oxygens (including phenoxy) is 3. The number of thiazole rings is 1. The Bertz CT molecular complexity index is 1880. The fourth-order valence-corrected chi connectivity index (χ4v) is 5.70. The average molecular weight is 576 g/mol. The smallest absolute Gasteiger partial charge is 0.338 e. The number of benzene rings is 2. The van der Waals surface area contributed by atoms with Crippen LogP contribution in [0.4, 0.5) is 5.69 Å². The number of nitrogens with zero attached hydrogens (tertiary/aromatic N) is 3. The molecule has 2 aromatic carbocycles. The van der Waals surface area contributed by atoms with Crippen molar-refractivity contribution in [3.05, 3.63) is 107 Å². The molecule has 41 heavy (non-hydrogen) atoms. The highest BCUT2D eigenvalue weighted by atomic mass is 32.1. The van der Waals surface area contributed by atoms with E-state index in [1.54, 1.807) is 68.5 Å². The minimum Gasteiger partial charge on any atom is -0.497 e. The lowest BCUT2D eigenvalue weighted by molar-refractivity contribution is -0.384. The van der Waals surface area contributed by atoms with Gasteiger partial charge in [-0.05, 0) is 44.2 Å². The van der Waals surface area contributed by atoms with Gasteiger partial charge in [0.05, 0.1) is 47.1 Å². The van der Waals surface area contributed by atoms with E-state index in [1.165, 1.54) is 24.9 Å². The monoisotopic (exact) mass is 575 g/mol. The molecule has 0 spiro atoms. The van der Waals surface area contributed by atoms with Crippen LogP contribution in [0.3, 0.4) is 0 Å². The van der Waals surface area contributed by atoms with Gasteiger partial charge in [-0.25, -0.2) is 9.79 Å². The van der Waals surface area contributed by atoms with Crippen LogP contribution in [0.5, 0.6) is 11.5 Å². The maximum atomic E-state index is 13.9. The number of carbonyl (C=O) groups excluding carboxylic acids is 1. The molecule has 1 aliphatic rings. The summed E-state index contributed by atoms with van der Waals surface area (Å²) in [5.41, 5.74) is 0.995. The van der Waals surface area contributed by atoms with Crippen molar-refractivity contribution < 1.29 is 28.3 Å². The summed E-state index contributed by atoms with van der Waals surface area (Å²) in [7, 11) is 3.02. The van der Waals surface area contributed by atoms with E-state index >= 15 is 0 Å². The van der Waals surface area contributed by atoms with E-state index in [9.17, 15) is 19.7 Å². The van der Waals surface area contributed by atoms with Gasteiger partial charge in [-0.1, -0.05) is 23.5 Å². The molecule has 12 heteroatoms. The Hall–Kier alpha value is -4.97. The average Bonchev–Trinajstić information content (AvgIpc) is 3.56. The number of methoxy groups -OCH3 is 2. The molecule has 5 rings (SSSR count). The quantitative estimate of drug-likeness (QED) is 0.175. The van der Waals surface area contributed by atoms with Crippen LogP contribution in [0.1, 0.15) is 31.2 Å². The maximum Gasteiger partial charge on any atom is 0.338 e. The number of nitro benzene ring substituents is 1. The number of nitro groups is 1. The zero-order chi connectivity index (χ0) is 29.3. The second-order valence-electron chi connectivity index (χ2n) is 8.89.